The van der Waals surface area contributed by atoms with Gasteiger partial charge in [0.25, 0.3) is 11.6 Å². The summed E-state index contributed by atoms with van der Waals surface area (Å²) in [5.74, 6) is -0.00566. The molecule has 1 rings (SSSR count). The molecule has 0 spiro atoms. The molecule has 0 heterocycles. The molecule has 0 saturated carbocycles. The van der Waals surface area contributed by atoms with Crippen molar-refractivity contribution in [3.05, 3.63) is 33.4 Å². The van der Waals surface area contributed by atoms with Gasteiger partial charge in [-0.2, -0.15) is 0 Å². The molecule has 0 fully saturated rings. The van der Waals surface area contributed by atoms with Crippen molar-refractivity contribution in [3.8, 4) is 0 Å². The quantitative estimate of drug-likeness (QED) is 0.467. The molecule has 0 aliphatic carbocycles. The molecule has 0 saturated heterocycles. The molecule has 0 aromatic heterocycles. The van der Waals surface area contributed by atoms with Gasteiger partial charge in [-0.05, 0) is 30.9 Å². The van der Waals surface area contributed by atoms with Gasteiger partial charge >= 0.3 is 0 Å². The second-order valence-corrected chi connectivity index (χ2v) is 5.93. The number of rotatable bonds is 6. The van der Waals surface area contributed by atoms with E-state index in [-0.39, 0.29) is 41.3 Å². The SMILES string of the molecule is Cc1cc(C(=O)N(C)CCC(N)C(C)C)c(N)c([N+](=O)[O-])c1.Cl. The van der Waals surface area contributed by atoms with Crippen LogP contribution >= 0.6 is 12.4 Å². The van der Waals surface area contributed by atoms with E-state index in [0.717, 1.165) is 0 Å². The lowest BCUT2D eigenvalue weighted by Gasteiger charge is -2.22. The molecule has 8 heteroatoms. The smallest absolute Gasteiger partial charge is 0.293 e. The number of nitrogen functional groups attached to an aromatic ring is 1. The van der Waals surface area contributed by atoms with E-state index in [1.165, 1.54) is 11.0 Å². The summed E-state index contributed by atoms with van der Waals surface area (Å²) in [5.41, 5.74) is 12.2. The number of benzene rings is 1. The lowest BCUT2D eigenvalue weighted by Crippen LogP contribution is -2.35. The maximum atomic E-state index is 12.5. The number of carbonyl (C=O) groups excluding carboxylic acids is 1. The van der Waals surface area contributed by atoms with E-state index in [2.05, 4.69) is 0 Å². The minimum atomic E-state index is -0.576. The van der Waals surface area contributed by atoms with Gasteiger partial charge in [0.15, 0.2) is 0 Å². The van der Waals surface area contributed by atoms with Crippen LogP contribution in [0.1, 0.15) is 36.2 Å². The van der Waals surface area contributed by atoms with Crippen LogP contribution in [0.2, 0.25) is 0 Å². The van der Waals surface area contributed by atoms with Gasteiger partial charge in [0.2, 0.25) is 0 Å². The van der Waals surface area contributed by atoms with Crippen LogP contribution in [0.5, 0.6) is 0 Å². The second-order valence-electron chi connectivity index (χ2n) is 5.93. The van der Waals surface area contributed by atoms with Crippen molar-refractivity contribution in [3.63, 3.8) is 0 Å². The molecule has 0 radical (unpaired) electrons. The predicted molar refractivity (Wildman–Crippen MR) is 93.9 cm³/mol. The highest BCUT2D eigenvalue weighted by Gasteiger charge is 2.23. The number of amides is 1. The Balaban J connectivity index is 0.00000484. The van der Waals surface area contributed by atoms with Crippen LogP contribution in [0.3, 0.4) is 0 Å². The van der Waals surface area contributed by atoms with E-state index >= 15 is 0 Å². The summed E-state index contributed by atoms with van der Waals surface area (Å²) < 4.78 is 0. The van der Waals surface area contributed by atoms with Gasteiger partial charge in [0.05, 0.1) is 10.5 Å². The Morgan fingerprint density at radius 1 is 1.39 bits per heavy atom. The summed E-state index contributed by atoms with van der Waals surface area (Å²) in [6.07, 6.45) is 0.660. The number of nitrogens with two attached hydrogens (primary N) is 2. The second kappa shape index (κ2) is 8.69. The predicted octanol–water partition coefficient (Wildman–Crippen LogP) is 2.35. The third kappa shape index (κ3) is 5.37. The fourth-order valence-corrected chi connectivity index (χ4v) is 2.09. The summed E-state index contributed by atoms with van der Waals surface area (Å²) in [6, 6.07) is 2.93. The van der Waals surface area contributed by atoms with Crippen LogP contribution in [0.15, 0.2) is 12.1 Å². The number of hydrogen-bond donors (Lipinski definition) is 2. The largest absolute Gasteiger partial charge is 0.393 e. The van der Waals surface area contributed by atoms with E-state index < -0.39 is 4.92 Å². The molecule has 1 amide bonds. The molecular weight excluding hydrogens is 320 g/mol. The van der Waals surface area contributed by atoms with E-state index in [4.69, 9.17) is 11.5 Å². The molecule has 4 N–H and O–H groups in total. The van der Waals surface area contributed by atoms with Crippen LogP contribution < -0.4 is 11.5 Å². The van der Waals surface area contributed by atoms with Crippen molar-refractivity contribution in [2.75, 3.05) is 19.3 Å². The summed E-state index contributed by atoms with van der Waals surface area (Å²) >= 11 is 0. The molecule has 1 unspecified atom stereocenters. The number of nitro groups is 1. The first-order valence-electron chi connectivity index (χ1n) is 7.20. The van der Waals surface area contributed by atoms with Crippen molar-refractivity contribution < 1.29 is 9.72 Å². The zero-order valence-corrected chi connectivity index (χ0v) is 14.7. The molecule has 0 aliphatic heterocycles. The van der Waals surface area contributed by atoms with Crippen molar-refractivity contribution >= 4 is 29.7 Å². The van der Waals surface area contributed by atoms with Gasteiger partial charge in [-0.15, -0.1) is 12.4 Å². The summed E-state index contributed by atoms with van der Waals surface area (Å²) in [5, 5.41) is 11.0. The zero-order valence-electron chi connectivity index (χ0n) is 13.9. The Kier molecular flexibility index (Phi) is 7.99. The highest BCUT2D eigenvalue weighted by molar-refractivity contribution is 6.01. The molecule has 1 aromatic carbocycles. The van der Waals surface area contributed by atoms with Gasteiger partial charge in [-0.1, -0.05) is 13.8 Å². The highest BCUT2D eigenvalue weighted by Crippen LogP contribution is 2.28. The van der Waals surface area contributed by atoms with E-state index in [0.29, 0.717) is 24.4 Å². The van der Waals surface area contributed by atoms with E-state index in [9.17, 15) is 14.9 Å². The Morgan fingerprint density at radius 2 is 1.96 bits per heavy atom. The first-order valence-corrected chi connectivity index (χ1v) is 7.20. The number of hydrogen-bond acceptors (Lipinski definition) is 5. The lowest BCUT2D eigenvalue weighted by molar-refractivity contribution is -0.384. The molecule has 0 aliphatic rings. The number of carbonyl (C=O) groups is 1. The third-order valence-corrected chi connectivity index (χ3v) is 3.73. The van der Waals surface area contributed by atoms with E-state index in [1.54, 1.807) is 20.0 Å². The summed E-state index contributed by atoms with van der Waals surface area (Å²) in [4.78, 5) is 24.4. The number of halogens is 1. The average molecular weight is 345 g/mol. The molecule has 1 atom stereocenters. The minimum Gasteiger partial charge on any atom is -0.393 e. The van der Waals surface area contributed by atoms with Gasteiger partial charge in [0.1, 0.15) is 5.69 Å². The van der Waals surface area contributed by atoms with Crippen LogP contribution in [-0.2, 0) is 0 Å². The Morgan fingerprint density at radius 3 is 2.43 bits per heavy atom. The van der Waals surface area contributed by atoms with Crippen LogP contribution in [-0.4, -0.2) is 35.4 Å². The lowest BCUT2D eigenvalue weighted by atomic mass is 10.0. The maximum Gasteiger partial charge on any atom is 0.293 e. The van der Waals surface area contributed by atoms with Gasteiger partial charge in [-0.3, -0.25) is 14.9 Å². The maximum absolute atomic E-state index is 12.5. The number of anilines is 1. The first kappa shape index (κ1) is 21.1. The molecule has 7 nitrogen and oxygen atoms in total. The monoisotopic (exact) mass is 344 g/mol. The summed E-state index contributed by atoms with van der Waals surface area (Å²) in [6.45, 7) is 6.21. The van der Waals surface area contributed by atoms with Gasteiger partial charge in [0, 0.05) is 25.7 Å². The van der Waals surface area contributed by atoms with Crippen LogP contribution in [0.25, 0.3) is 0 Å². The standard InChI is InChI=1S/C15H24N4O3.ClH/c1-9(2)12(16)5-6-18(4)15(20)11-7-10(3)8-13(14(11)17)19(21)22;/h7-9,12H,5-6,16-17H2,1-4H3;1H. The molecular formula is C15H25ClN4O3. The minimum absolute atomic E-state index is 0. The Bertz CT molecular complexity index is 578. The van der Waals surface area contributed by atoms with Crippen molar-refractivity contribution in [1.82, 2.24) is 4.90 Å². The Labute approximate surface area is 142 Å². The normalized spacial score (nSPS) is 11.7. The first-order chi connectivity index (χ1) is 10.1. The fraction of sp³-hybridized carbons (Fsp3) is 0.533. The number of aryl methyl sites for hydroxylation is 1. The number of nitro benzene ring substituents is 1. The average Bonchev–Trinajstić information content (AvgIpc) is 2.45. The molecule has 23 heavy (non-hydrogen) atoms. The molecule has 1 aromatic rings. The zero-order chi connectivity index (χ0) is 17.0. The van der Waals surface area contributed by atoms with Gasteiger partial charge < -0.3 is 16.4 Å². The third-order valence-electron chi connectivity index (χ3n) is 3.73. The van der Waals surface area contributed by atoms with Crippen LogP contribution in [0.4, 0.5) is 11.4 Å². The summed E-state index contributed by atoms with van der Waals surface area (Å²) in [7, 11) is 1.64. The van der Waals surface area contributed by atoms with Crippen molar-refractivity contribution in [1.29, 1.82) is 0 Å². The Hall–Kier alpha value is -1.86. The van der Waals surface area contributed by atoms with Gasteiger partial charge in [-0.25, -0.2) is 0 Å². The number of nitrogens with zero attached hydrogens (tertiary/aromatic N) is 2. The molecule has 0 bridgehead atoms. The highest BCUT2D eigenvalue weighted by atomic mass is 35.5. The van der Waals surface area contributed by atoms with E-state index in [1.807, 2.05) is 13.8 Å². The van der Waals surface area contributed by atoms with Crippen LogP contribution in [0, 0.1) is 23.0 Å². The topological polar surface area (TPSA) is 115 Å². The fourth-order valence-electron chi connectivity index (χ4n) is 2.09. The molecule has 130 valence electrons. The van der Waals surface area contributed by atoms with Crippen molar-refractivity contribution in [2.24, 2.45) is 11.7 Å². The van der Waals surface area contributed by atoms with Crippen molar-refractivity contribution in [2.45, 2.75) is 33.2 Å².